The summed E-state index contributed by atoms with van der Waals surface area (Å²) in [5.41, 5.74) is -0.204. The highest BCUT2D eigenvalue weighted by Gasteiger charge is 2.34. The van der Waals surface area contributed by atoms with E-state index in [0.717, 1.165) is 0 Å². The summed E-state index contributed by atoms with van der Waals surface area (Å²) in [6.45, 7) is 11.5. The molecule has 46 heavy (non-hydrogen) atoms. The van der Waals surface area contributed by atoms with E-state index in [1.165, 1.54) is 31.5 Å². The van der Waals surface area contributed by atoms with Gasteiger partial charge in [0.1, 0.15) is 34.0 Å². The van der Waals surface area contributed by atoms with Gasteiger partial charge in [-0.25, -0.2) is 23.9 Å². The van der Waals surface area contributed by atoms with Crippen LogP contribution in [0.2, 0.25) is 0 Å². The Kier molecular flexibility index (Phi) is 9.74. The van der Waals surface area contributed by atoms with E-state index in [4.69, 9.17) is 18.7 Å². The summed E-state index contributed by atoms with van der Waals surface area (Å²) in [5.74, 6) is -0.733. The van der Waals surface area contributed by atoms with Gasteiger partial charge in [0.05, 0.1) is 13.5 Å². The number of anilines is 2. The zero-order chi connectivity index (χ0) is 33.8. The molecule has 0 saturated carbocycles. The van der Waals surface area contributed by atoms with E-state index in [2.05, 4.69) is 20.4 Å². The molecule has 0 bridgehead atoms. The van der Waals surface area contributed by atoms with E-state index >= 15 is 0 Å². The normalized spacial score (nSPS) is 11.5. The van der Waals surface area contributed by atoms with Gasteiger partial charge in [0.2, 0.25) is 11.8 Å². The van der Waals surface area contributed by atoms with Crippen molar-refractivity contribution < 1.29 is 37.5 Å². The summed E-state index contributed by atoms with van der Waals surface area (Å²) in [6, 6.07) is 12.7. The number of nitrogens with zero attached hydrogens (tertiary/aromatic N) is 4. The molecule has 2 heterocycles. The van der Waals surface area contributed by atoms with E-state index in [1.807, 2.05) is 0 Å². The van der Waals surface area contributed by atoms with Crippen molar-refractivity contribution in [3.63, 3.8) is 0 Å². The van der Waals surface area contributed by atoms with Crippen LogP contribution in [0, 0.1) is 12.7 Å². The van der Waals surface area contributed by atoms with Gasteiger partial charge >= 0.3 is 12.2 Å². The number of rotatable bonds is 7. The summed E-state index contributed by atoms with van der Waals surface area (Å²) in [5, 5.41) is 6.86. The minimum Gasteiger partial charge on any atom is -0.496 e. The third-order valence-corrected chi connectivity index (χ3v) is 6.17. The van der Waals surface area contributed by atoms with Crippen molar-refractivity contribution in [2.75, 3.05) is 17.3 Å². The van der Waals surface area contributed by atoms with Crippen molar-refractivity contribution >= 4 is 29.8 Å². The smallest absolute Gasteiger partial charge is 0.425 e. The van der Waals surface area contributed by atoms with E-state index in [0.29, 0.717) is 27.3 Å². The van der Waals surface area contributed by atoms with Crippen LogP contribution in [0.15, 0.2) is 59.3 Å². The lowest BCUT2D eigenvalue weighted by Crippen LogP contribution is -2.44. The minimum absolute atomic E-state index is 0.0683. The molecule has 3 amide bonds. The number of para-hydroxylation sites is 1. The molecule has 2 aromatic heterocycles. The molecule has 0 saturated heterocycles. The van der Waals surface area contributed by atoms with Crippen LogP contribution in [-0.2, 0) is 20.7 Å². The predicted molar refractivity (Wildman–Crippen MR) is 168 cm³/mol. The number of aryl methyl sites for hydroxylation is 1. The molecule has 0 unspecified atom stereocenters. The topological polar surface area (TPSA) is 146 Å². The average molecular weight is 634 g/mol. The third-order valence-electron chi connectivity index (χ3n) is 6.17. The Labute approximate surface area is 265 Å². The highest BCUT2D eigenvalue weighted by atomic mass is 19.1. The average Bonchev–Trinajstić information content (AvgIpc) is 3.36. The van der Waals surface area contributed by atoms with E-state index in [9.17, 15) is 18.8 Å². The molecule has 12 nitrogen and oxygen atoms in total. The molecular weight excluding hydrogens is 597 g/mol. The third kappa shape index (κ3) is 8.23. The van der Waals surface area contributed by atoms with Crippen molar-refractivity contribution in [3.05, 3.63) is 71.7 Å². The van der Waals surface area contributed by atoms with Crippen molar-refractivity contribution in [2.45, 2.75) is 66.1 Å². The number of benzene rings is 2. The number of ether oxygens (including phenoxy) is 3. The molecule has 242 valence electrons. The fourth-order valence-corrected chi connectivity index (χ4v) is 4.24. The molecule has 0 radical (unpaired) electrons. The SMILES string of the molecule is COc1ccccc1CC(=O)Nc1onc(-c2ccc(F)c(C)c2)c1-c1nccc(N(C(=O)OC(C)(C)C)C(=O)OC(C)(C)C)n1. The van der Waals surface area contributed by atoms with Crippen LogP contribution in [-0.4, -0.2) is 51.5 Å². The van der Waals surface area contributed by atoms with E-state index in [1.54, 1.807) is 78.8 Å². The largest absolute Gasteiger partial charge is 0.496 e. The van der Waals surface area contributed by atoms with Crippen LogP contribution >= 0.6 is 0 Å². The number of imide groups is 1. The lowest BCUT2D eigenvalue weighted by molar-refractivity contribution is -0.115. The van der Waals surface area contributed by atoms with Gasteiger partial charge in [0, 0.05) is 23.4 Å². The second-order valence-corrected chi connectivity index (χ2v) is 12.3. The fourth-order valence-electron chi connectivity index (χ4n) is 4.24. The lowest BCUT2D eigenvalue weighted by atomic mass is 10.0. The van der Waals surface area contributed by atoms with Crippen molar-refractivity contribution in [2.24, 2.45) is 0 Å². The van der Waals surface area contributed by atoms with Crippen molar-refractivity contribution in [1.82, 2.24) is 15.1 Å². The first-order valence-corrected chi connectivity index (χ1v) is 14.3. The van der Waals surface area contributed by atoms with E-state index < -0.39 is 35.1 Å². The second-order valence-electron chi connectivity index (χ2n) is 12.3. The number of nitrogens with one attached hydrogen (secondary N) is 1. The van der Waals surface area contributed by atoms with Gasteiger partial charge in [-0.15, -0.1) is 0 Å². The molecule has 0 fully saturated rings. The van der Waals surface area contributed by atoms with Crippen LogP contribution in [0.5, 0.6) is 5.75 Å². The Morgan fingerprint density at radius 1 is 0.957 bits per heavy atom. The number of carbonyl (C=O) groups excluding carboxylic acids is 3. The monoisotopic (exact) mass is 633 g/mol. The Morgan fingerprint density at radius 2 is 1.61 bits per heavy atom. The summed E-state index contributed by atoms with van der Waals surface area (Å²) < 4.78 is 36.1. The lowest BCUT2D eigenvalue weighted by Gasteiger charge is -2.28. The number of hydrogen-bond acceptors (Lipinski definition) is 10. The standard InChI is InChI=1S/C33H36FN5O7/c1-19-17-21(13-14-22(19)34)27-26(29(46-38-27)37-25(40)18-20-11-9-10-12-23(20)43-8)28-35-16-15-24(36-28)39(30(41)44-32(2,3)4)31(42)45-33(5,6)7/h9-17H,18H2,1-8H3,(H,37,40). The maximum absolute atomic E-state index is 14.2. The number of aromatic nitrogens is 3. The van der Waals surface area contributed by atoms with Gasteiger partial charge < -0.3 is 18.7 Å². The van der Waals surface area contributed by atoms with Crippen LogP contribution in [0.25, 0.3) is 22.6 Å². The highest BCUT2D eigenvalue weighted by molar-refractivity contribution is 6.09. The number of halogens is 1. The van der Waals surface area contributed by atoms with Crippen LogP contribution in [0.4, 0.5) is 25.7 Å². The van der Waals surface area contributed by atoms with Gasteiger partial charge in [-0.1, -0.05) is 23.4 Å². The zero-order valence-electron chi connectivity index (χ0n) is 26.9. The molecule has 0 atom stereocenters. The Morgan fingerprint density at radius 3 is 2.22 bits per heavy atom. The Bertz CT molecular complexity index is 1730. The van der Waals surface area contributed by atoms with Crippen LogP contribution in [0.3, 0.4) is 0 Å². The van der Waals surface area contributed by atoms with Gasteiger partial charge in [-0.05, 0) is 78.3 Å². The molecule has 0 spiro atoms. The molecule has 2 aromatic carbocycles. The molecule has 0 aliphatic carbocycles. The Balaban J connectivity index is 1.82. The van der Waals surface area contributed by atoms with Crippen molar-refractivity contribution in [3.8, 4) is 28.4 Å². The summed E-state index contributed by atoms with van der Waals surface area (Å²) >= 11 is 0. The first-order valence-electron chi connectivity index (χ1n) is 14.3. The summed E-state index contributed by atoms with van der Waals surface area (Å²) in [6.07, 6.45) is -0.818. The quantitative estimate of drug-likeness (QED) is 0.223. The van der Waals surface area contributed by atoms with Gasteiger partial charge in [-0.3, -0.25) is 10.1 Å². The first kappa shape index (κ1) is 33.6. The van der Waals surface area contributed by atoms with Gasteiger partial charge in [0.15, 0.2) is 11.6 Å². The van der Waals surface area contributed by atoms with Crippen LogP contribution < -0.4 is 15.0 Å². The molecule has 0 aliphatic heterocycles. The predicted octanol–water partition coefficient (Wildman–Crippen LogP) is 7.11. The maximum atomic E-state index is 14.2. The van der Waals surface area contributed by atoms with E-state index in [-0.39, 0.29) is 35.2 Å². The zero-order valence-corrected chi connectivity index (χ0v) is 26.9. The first-order chi connectivity index (χ1) is 21.6. The van der Waals surface area contributed by atoms with Crippen molar-refractivity contribution in [1.29, 1.82) is 0 Å². The number of hydrogen-bond donors (Lipinski definition) is 1. The number of carbonyl (C=O) groups is 3. The summed E-state index contributed by atoms with van der Waals surface area (Å²) in [4.78, 5) is 49.3. The number of amides is 3. The second kappa shape index (κ2) is 13.3. The van der Waals surface area contributed by atoms with Gasteiger partial charge in [-0.2, -0.15) is 4.90 Å². The molecule has 4 aromatic rings. The van der Waals surface area contributed by atoms with Crippen LogP contribution in [0.1, 0.15) is 52.7 Å². The maximum Gasteiger partial charge on any atom is 0.425 e. The summed E-state index contributed by atoms with van der Waals surface area (Å²) in [7, 11) is 1.50. The highest BCUT2D eigenvalue weighted by Crippen LogP contribution is 2.37. The minimum atomic E-state index is -1.03. The molecule has 13 heteroatoms. The number of methoxy groups -OCH3 is 1. The van der Waals surface area contributed by atoms with Gasteiger partial charge in [0.25, 0.3) is 0 Å². The molecule has 1 N–H and O–H groups in total. The fraction of sp³-hybridized carbons (Fsp3) is 0.333. The molecule has 0 aliphatic rings. The molecule has 4 rings (SSSR count). The Hall–Kier alpha value is -5.33. The molecular formula is C33H36FN5O7.